The largest absolute Gasteiger partial charge is 0.444 e. The molecule has 0 saturated heterocycles. The van der Waals surface area contributed by atoms with Crippen LogP contribution in [0.3, 0.4) is 0 Å². The van der Waals surface area contributed by atoms with Gasteiger partial charge in [-0.25, -0.2) is 13.6 Å². The molecule has 1 aromatic rings. The van der Waals surface area contributed by atoms with E-state index in [4.69, 9.17) is 10.5 Å². The summed E-state index contributed by atoms with van der Waals surface area (Å²) in [6.07, 6.45) is 0.610. The summed E-state index contributed by atoms with van der Waals surface area (Å²) in [5, 5.41) is 5.59. The summed E-state index contributed by atoms with van der Waals surface area (Å²) in [6, 6.07) is 1.49. The predicted molar refractivity (Wildman–Crippen MR) is 84.7 cm³/mol. The fourth-order valence-corrected chi connectivity index (χ4v) is 2.40. The molecule has 2 amide bonds. The SMILES string of the molecule is CC(C)(C)OC(=O)NC1CC(Nc2cc(C(N)=O)c(F)cc2F)C1. The molecule has 0 radical (unpaired) electrons. The molecule has 0 atom stereocenters. The van der Waals surface area contributed by atoms with Crippen LogP contribution < -0.4 is 16.4 Å². The quantitative estimate of drug-likeness (QED) is 0.784. The molecule has 0 unspecified atom stereocenters. The Kier molecular flexibility index (Phi) is 4.96. The molecule has 0 bridgehead atoms. The van der Waals surface area contributed by atoms with Gasteiger partial charge in [-0.3, -0.25) is 4.79 Å². The molecule has 1 fully saturated rings. The molecular formula is C16H21F2N3O3. The third-order valence-electron chi connectivity index (χ3n) is 3.54. The number of halogens is 2. The molecule has 24 heavy (non-hydrogen) atoms. The van der Waals surface area contributed by atoms with Gasteiger partial charge in [0.25, 0.3) is 5.91 Å². The Morgan fingerprint density at radius 2 is 1.79 bits per heavy atom. The van der Waals surface area contributed by atoms with Crippen molar-refractivity contribution in [1.82, 2.24) is 5.32 Å². The molecule has 0 spiro atoms. The molecule has 0 aliphatic heterocycles. The topological polar surface area (TPSA) is 93.4 Å². The van der Waals surface area contributed by atoms with Gasteiger partial charge in [0.05, 0.1) is 11.3 Å². The van der Waals surface area contributed by atoms with Crippen LogP contribution in [0.1, 0.15) is 44.0 Å². The summed E-state index contributed by atoms with van der Waals surface area (Å²) in [5.74, 6) is -2.77. The number of nitrogens with two attached hydrogens (primary N) is 1. The monoisotopic (exact) mass is 341 g/mol. The number of hydrogen-bond acceptors (Lipinski definition) is 4. The number of amides is 2. The minimum atomic E-state index is -0.997. The van der Waals surface area contributed by atoms with Gasteiger partial charge in [0.2, 0.25) is 0 Å². The van der Waals surface area contributed by atoms with E-state index in [1.54, 1.807) is 20.8 Å². The van der Waals surface area contributed by atoms with Gasteiger partial charge < -0.3 is 21.1 Å². The minimum absolute atomic E-state index is 0.00548. The second kappa shape index (κ2) is 6.62. The average Bonchev–Trinajstić information content (AvgIpc) is 2.36. The summed E-state index contributed by atoms with van der Waals surface area (Å²) in [6.45, 7) is 5.31. The van der Waals surface area contributed by atoms with Crippen LogP contribution in [0.5, 0.6) is 0 Å². The zero-order chi connectivity index (χ0) is 18.1. The van der Waals surface area contributed by atoms with Gasteiger partial charge in [-0.2, -0.15) is 0 Å². The van der Waals surface area contributed by atoms with E-state index in [1.165, 1.54) is 0 Å². The van der Waals surface area contributed by atoms with Gasteiger partial charge in [0.1, 0.15) is 17.2 Å². The van der Waals surface area contributed by atoms with E-state index >= 15 is 0 Å². The van der Waals surface area contributed by atoms with Crippen LogP contribution in [0.4, 0.5) is 19.3 Å². The van der Waals surface area contributed by atoms with Gasteiger partial charge in [-0.05, 0) is 39.7 Å². The van der Waals surface area contributed by atoms with Crippen molar-refractivity contribution in [2.24, 2.45) is 5.73 Å². The van der Waals surface area contributed by atoms with E-state index in [9.17, 15) is 18.4 Å². The van der Waals surface area contributed by atoms with Crippen LogP contribution in [-0.2, 0) is 4.74 Å². The number of nitrogens with one attached hydrogen (secondary N) is 2. The van der Waals surface area contributed by atoms with E-state index in [-0.39, 0.29) is 23.3 Å². The lowest BCUT2D eigenvalue weighted by atomic mass is 9.86. The van der Waals surface area contributed by atoms with Crippen molar-refractivity contribution in [3.8, 4) is 0 Å². The Morgan fingerprint density at radius 1 is 1.17 bits per heavy atom. The summed E-state index contributed by atoms with van der Waals surface area (Å²) < 4.78 is 32.3. The number of benzene rings is 1. The minimum Gasteiger partial charge on any atom is -0.444 e. The van der Waals surface area contributed by atoms with E-state index < -0.39 is 29.2 Å². The zero-order valence-corrected chi connectivity index (χ0v) is 13.8. The smallest absolute Gasteiger partial charge is 0.407 e. The number of carbonyl (C=O) groups excluding carboxylic acids is 2. The molecule has 1 aliphatic rings. The lowest BCUT2D eigenvalue weighted by molar-refractivity contribution is 0.0475. The Bertz CT molecular complexity index is 653. The van der Waals surface area contributed by atoms with E-state index in [1.807, 2.05) is 0 Å². The van der Waals surface area contributed by atoms with Crippen molar-refractivity contribution < 1.29 is 23.1 Å². The number of hydrogen-bond donors (Lipinski definition) is 3. The van der Waals surface area contributed by atoms with Crippen LogP contribution in [0, 0.1) is 11.6 Å². The molecule has 1 saturated carbocycles. The van der Waals surface area contributed by atoms with Gasteiger partial charge >= 0.3 is 6.09 Å². The molecule has 0 heterocycles. The fourth-order valence-electron chi connectivity index (χ4n) is 2.40. The fraction of sp³-hybridized carbons (Fsp3) is 0.500. The van der Waals surface area contributed by atoms with Gasteiger partial charge in [-0.15, -0.1) is 0 Å². The molecule has 4 N–H and O–H groups in total. The van der Waals surface area contributed by atoms with E-state index in [0.29, 0.717) is 18.9 Å². The van der Waals surface area contributed by atoms with E-state index in [2.05, 4.69) is 10.6 Å². The van der Waals surface area contributed by atoms with Crippen LogP contribution in [0.25, 0.3) is 0 Å². The molecule has 132 valence electrons. The Hall–Kier alpha value is -2.38. The highest BCUT2D eigenvalue weighted by atomic mass is 19.1. The van der Waals surface area contributed by atoms with Gasteiger partial charge in [-0.1, -0.05) is 0 Å². The van der Waals surface area contributed by atoms with Crippen molar-refractivity contribution in [3.05, 3.63) is 29.3 Å². The molecular weight excluding hydrogens is 320 g/mol. The van der Waals surface area contributed by atoms with Crippen molar-refractivity contribution in [3.63, 3.8) is 0 Å². The first kappa shape index (κ1) is 18.0. The number of ether oxygens (including phenoxy) is 1. The summed E-state index contributed by atoms with van der Waals surface area (Å²) in [4.78, 5) is 22.7. The standard InChI is InChI=1S/C16H21F2N3O3/c1-16(2,3)24-15(23)21-9-4-8(5-9)20-13-6-10(14(19)22)11(17)7-12(13)18/h6-9,20H,4-5H2,1-3H3,(H2,19,22)(H,21,23). The highest BCUT2D eigenvalue weighted by molar-refractivity contribution is 5.94. The number of carbonyl (C=O) groups is 2. The van der Waals surface area contributed by atoms with Crippen LogP contribution in [0.15, 0.2) is 12.1 Å². The third-order valence-corrected chi connectivity index (χ3v) is 3.54. The Balaban J connectivity index is 1.89. The Morgan fingerprint density at radius 3 is 2.33 bits per heavy atom. The first-order valence-electron chi connectivity index (χ1n) is 7.60. The molecule has 1 aliphatic carbocycles. The van der Waals surface area contributed by atoms with Gasteiger partial charge in [0, 0.05) is 18.2 Å². The summed E-state index contributed by atoms with van der Waals surface area (Å²) in [7, 11) is 0. The highest BCUT2D eigenvalue weighted by Gasteiger charge is 2.32. The molecule has 1 aromatic carbocycles. The van der Waals surface area contributed by atoms with Crippen LogP contribution in [0.2, 0.25) is 0 Å². The first-order chi connectivity index (χ1) is 11.0. The lowest BCUT2D eigenvalue weighted by Gasteiger charge is -2.37. The zero-order valence-electron chi connectivity index (χ0n) is 13.8. The van der Waals surface area contributed by atoms with Gasteiger partial charge in [0.15, 0.2) is 0 Å². The van der Waals surface area contributed by atoms with Crippen LogP contribution in [-0.4, -0.2) is 29.7 Å². The van der Waals surface area contributed by atoms with Crippen molar-refractivity contribution in [2.45, 2.75) is 51.3 Å². The van der Waals surface area contributed by atoms with E-state index in [0.717, 1.165) is 6.07 Å². The molecule has 6 nitrogen and oxygen atoms in total. The van der Waals surface area contributed by atoms with Crippen molar-refractivity contribution >= 4 is 17.7 Å². The summed E-state index contributed by atoms with van der Waals surface area (Å²) in [5.41, 5.74) is 4.10. The Labute approximate surface area is 138 Å². The number of primary amides is 1. The van der Waals surface area contributed by atoms with Crippen LogP contribution >= 0.6 is 0 Å². The maximum Gasteiger partial charge on any atom is 0.407 e. The number of anilines is 1. The predicted octanol–water partition coefficient (Wildman–Crippen LogP) is 2.53. The third kappa shape index (κ3) is 4.56. The van der Waals surface area contributed by atoms with Crippen molar-refractivity contribution in [2.75, 3.05) is 5.32 Å². The maximum absolute atomic E-state index is 13.8. The summed E-state index contributed by atoms with van der Waals surface area (Å²) >= 11 is 0. The van der Waals surface area contributed by atoms with Crippen molar-refractivity contribution in [1.29, 1.82) is 0 Å². The lowest BCUT2D eigenvalue weighted by Crippen LogP contribution is -2.50. The highest BCUT2D eigenvalue weighted by Crippen LogP contribution is 2.27. The second-order valence-electron chi connectivity index (χ2n) is 6.83. The molecule has 0 aromatic heterocycles. The average molecular weight is 341 g/mol. The number of rotatable bonds is 4. The second-order valence-corrected chi connectivity index (χ2v) is 6.83. The number of alkyl carbamates (subject to hydrolysis) is 1. The molecule has 8 heteroatoms. The maximum atomic E-state index is 13.8. The first-order valence-corrected chi connectivity index (χ1v) is 7.60. The molecule has 2 rings (SSSR count). The normalized spacial score (nSPS) is 20.0.